The number of nitrogens with zero attached hydrogens (tertiary/aromatic N) is 2. The maximum absolute atomic E-state index is 11.6. The molecule has 1 aliphatic carbocycles. The molecule has 1 heterocycles. The van der Waals surface area contributed by atoms with Crippen molar-refractivity contribution in [1.82, 2.24) is 10.1 Å². The third-order valence-corrected chi connectivity index (χ3v) is 5.05. The first kappa shape index (κ1) is 14.6. The van der Waals surface area contributed by atoms with E-state index in [-0.39, 0.29) is 11.7 Å². The fourth-order valence-electron chi connectivity index (χ4n) is 2.37. The summed E-state index contributed by atoms with van der Waals surface area (Å²) in [6.45, 7) is 3.69. The predicted octanol–water partition coefficient (Wildman–Crippen LogP) is 3.72. The van der Waals surface area contributed by atoms with Gasteiger partial charge in [-0.25, -0.2) is 0 Å². The first-order chi connectivity index (χ1) is 9.20. The first-order valence-corrected chi connectivity index (χ1v) is 8.22. The number of ketones is 1. The van der Waals surface area contributed by atoms with Crippen LogP contribution in [0.15, 0.2) is 4.52 Å². The van der Waals surface area contributed by atoms with E-state index in [0.29, 0.717) is 12.3 Å². The van der Waals surface area contributed by atoms with E-state index in [1.165, 1.54) is 32.1 Å². The molecular formula is C14H22N2O2S. The van der Waals surface area contributed by atoms with Crippen molar-refractivity contribution in [3.63, 3.8) is 0 Å². The Balaban J connectivity index is 1.84. The minimum atomic E-state index is -0.272. The molecule has 0 aromatic carbocycles. The van der Waals surface area contributed by atoms with Gasteiger partial charge in [-0.2, -0.15) is 16.7 Å². The van der Waals surface area contributed by atoms with Gasteiger partial charge in [0.15, 0.2) is 5.82 Å². The highest BCUT2D eigenvalue weighted by Crippen LogP contribution is 2.30. The summed E-state index contributed by atoms with van der Waals surface area (Å²) in [5, 5.41) is 4.72. The van der Waals surface area contributed by atoms with Crippen LogP contribution < -0.4 is 0 Å². The molecule has 0 aliphatic heterocycles. The van der Waals surface area contributed by atoms with Crippen LogP contribution >= 0.6 is 11.8 Å². The predicted molar refractivity (Wildman–Crippen MR) is 76.2 cm³/mol. The van der Waals surface area contributed by atoms with Gasteiger partial charge in [0.05, 0.1) is 11.7 Å². The second kappa shape index (κ2) is 7.08. The maximum Gasteiger partial charge on any atom is 0.236 e. The van der Waals surface area contributed by atoms with Crippen molar-refractivity contribution in [3.05, 3.63) is 11.7 Å². The van der Waals surface area contributed by atoms with E-state index in [2.05, 4.69) is 10.1 Å². The Kier molecular flexibility index (Phi) is 5.43. The number of Topliss-reactive ketones (excluding diaryl/α,β-unsaturated/α-hetero) is 1. The Morgan fingerprint density at radius 2 is 2.16 bits per heavy atom. The van der Waals surface area contributed by atoms with Gasteiger partial charge in [-0.3, -0.25) is 4.79 Å². The van der Waals surface area contributed by atoms with Gasteiger partial charge in [0.25, 0.3) is 0 Å². The average Bonchev–Trinajstić information content (AvgIpc) is 2.93. The van der Waals surface area contributed by atoms with E-state index in [0.717, 1.165) is 16.8 Å². The number of carbonyl (C=O) groups is 1. The number of hydrogen-bond acceptors (Lipinski definition) is 5. The molecular weight excluding hydrogens is 260 g/mol. The van der Waals surface area contributed by atoms with E-state index in [9.17, 15) is 4.79 Å². The van der Waals surface area contributed by atoms with Crippen molar-refractivity contribution >= 4 is 17.5 Å². The molecule has 4 nitrogen and oxygen atoms in total. The van der Waals surface area contributed by atoms with Gasteiger partial charge in [-0.1, -0.05) is 31.3 Å². The molecule has 0 radical (unpaired) electrons. The number of aromatic nitrogens is 2. The lowest BCUT2D eigenvalue weighted by Crippen LogP contribution is -2.09. The van der Waals surface area contributed by atoms with Gasteiger partial charge in [-0.15, -0.1) is 0 Å². The van der Waals surface area contributed by atoms with Gasteiger partial charge >= 0.3 is 0 Å². The lowest BCUT2D eigenvalue weighted by atomic mass is 10.0. The van der Waals surface area contributed by atoms with Crippen LogP contribution in [-0.2, 0) is 10.5 Å². The van der Waals surface area contributed by atoms with Gasteiger partial charge in [-0.05, 0) is 19.8 Å². The molecule has 0 saturated heterocycles. The van der Waals surface area contributed by atoms with Crippen LogP contribution in [0.4, 0.5) is 0 Å². The summed E-state index contributed by atoms with van der Waals surface area (Å²) in [5.74, 6) is 1.86. The minimum Gasteiger partial charge on any atom is -0.339 e. The molecule has 1 saturated carbocycles. The van der Waals surface area contributed by atoms with E-state index in [1.807, 2.05) is 25.6 Å². The highest BCUT2D eigenvalue weighted by Gasteiger charge is 2.21. The van der Waals surface area contributed by atoms with Gasteiger partial charge in [0.1, 0.15) is 5.78 Å². The highest BCUT2D eigenvalue weighted by molar-refractivity contribution is 7.99. The third-order valence-electron chi connectivity index (χ3n) is 3.69. The van der Waals surface area contributed by atoms with Crippen LogP contribution in [0, 0.1) is 0 Å². The molecule has 5 heteroatoms. The summed E-state index contributed by atoms with van der Waals surface area (Å²) in [7, 11) is 0. The summed E-state index contributed by atoms with van der Waals surface area (Å²) < 4.78 is 5.19. The zero-order chi connectivity index (χ0) is 13.7. The van der Waals surface area contributed by atoms with Gasteiger partial charge < -0.3 is 4.52 Å². The van der Waals surface area contributed by atoms with Crippen molar-refractivity contribution in [2.24, 2.45) is 0 Å². The average molecular weight is 282 g/mol. The molecule has 0 amide bonds. The zero-order valence-electron chi connectivity index (χ0n) is 11.7. The molecule has 0 bridgehead atoms. The van der Waals surface area contributed by atoms with Crippen molar-refractivity contribution in [2.45, 2.75) is 69.3 Å². The summed E-state index contributed by atoms with van der Waals surface area (Å²) in [4.78, 5) is 15.9. The smallest absolute Gasteiger partial charge is 0.236 e. The van der Waals surface area contributed by atoms with Crippen LogP contribution in [0.5, 0.6) is 0 Å². The molecule has 19 heavy (non-hydrogen) atoms. The number of rotatable bonds is 6. The molecule has 0 N–H and O–H groups in total. The number of thioether (sulfide) groups is 1. The van der Waals surface area contributed by atoms with Gasteiger partial charge in [0.2, 0.25) is 5.89 Å². The Morgan fingerprint density at radius 3 is 2.84 bits per heavy atom. The summed E-state index contributed by atoms with van der Waals surface area (Å²) in [5.41, 5.74) is 0. The van der Waals surface area contributed by atoms with E-state index >= 15 is 0 Å². The van der Waals surface area contributed by atoms with E-state index in [1.54, 1.807) is 0 Å². The maximum atomic E-state index is 11.6. The van der Waals surface area contributed by atoms with Crippen LogP contribution in [0.25, 0.3) is 0 Å². The lowest BCUT2D eigenvalue weighted by Gasteiger charge is -2.19. The summed E-state index contributed by atoms with van der Waals surface area (Å²) in [6, 6.07) is 0. The first-order valence-electron chi connectivity index (χ1n) is 7.17. The highest BCUT2D eigenvalue weighted by atomic mass is 32.2. The molecule has 1 aliphatic rings. The van der Waals surface area contributed by atoms with E-state index in [4.69, 9.17) is 4.52 Å². The second-order valence-corrected chi connectivity index (χ2v) is 6.45. The fourth-order valence-corrected chi connectivity index (χ4v) is 3.54. The number of carbonyl (C=O) groups excluding carboxylic acids is 1. The third kappa shape index (κ3) is 4.06. The standard InChI is InChI=1S/C14H22N2O2S/c1-3-12(17)10(2)14-15-13(16-18-14)9-19-11-7-5-4-6-8-11/h10-11H,3-9H2,1-2H3. The Morgan fingerprint density at radius 1 is 1.42 bits per heavy atom. The van der Waals surface area contributed by atoms with E-state index < -0.39 is 0 Å². The largest absolute Gasteiger partial charge is 0.339 e. The monoisotopic (exact) mass is 282 g/mol. The number of hydrogen-bond donors (Lipinski definition) is 0. The van der Waals surface area contributed by atoms with Crippen molar-refractivity contribution in [1.29, 1.82) is 0 Å². The molecule has 2 rings (SSSR count). The molecule has 1 unspecified atom stereocenters. The Hall–Kier alpha value is -0.840. The molecule has 1 aromatic heterocycles. The van der Waals surface area contributed by atoms with Crippen LogP contribution in [0.1, 0.15) is 70.0 Å². The fraction of sp³-hybridized carbons (Fsp3) is 0.786. The normalized spacial score (nSPS) is 18.4. The Bertz CT molecular complexity index is 413. The zero-order valence-corrected chi connectivity index (χ0v) is 12.5. The van der Waals surface area contributed by atoms with Crippen molar-refractivity contribution in [2.75, 3.05) is 0 Å². The molecule has 0 spiro atoms. The summed E-state index contributed by atoms with van der Waals surface area (Å²) >= 11 is 1.92. The molecule has 1 aromatic rings. The van der Waals surface area contributed by atoms with Crippen LogP contribution in [0.3, 0.4) is 0 Å². The molecule has 1 fully saturated rings. The van der Waals surface area contributed by atoms with Crippen LogP contribution in [-0.4, -0.2) is 21.2 Å². The molecule has 1 atom stereocenters. The van der Waals surface area contributed by atoms with Crippen molar-refractivity contribution < 1.29 is 9.32 Å². The topological polar surface area (TPSA) is 56.0 Å². The second-order valence-electron chi connectivity index (χ2n) is 5.16. The van der Waals surface area contributed by atoms with Crippen molar-refractivity contribution in [3.8, 4) is 0 Å². The lowest BCUT2D eigenvalue weighted by molar-refractivity contribution is -0.120. The SMILES string of the molecule is CCC(=O)C(C)c1nc(CSC2CCCCC2)no1. The van der Waals surface area contributed by atoms with Crippen LogP contribution in [0.2, 0.25) is 0 Å². The minimum absolute atomic E-state index is 0.148. The quantitative estimate of drug-likeness (QED) is 0.796. The molecule has 106 valence electrons. The Labute approximate surface area is 118 Å². The van der Waals surface area contributed by atoms with Gasteiger partial charge in [0, 0.05) is 11.7 Å². The summed E-state index contributed by atoms with van der Waals surface area (Å²) in [6.07, 6.45) is 7.18.